The standard InChI is InChI=1S/C36H36N10O7S/c37-54(52,53)25-13-11-24(12-14-25)41-35(51)23-16-40-46(18-23)36-43-33(38-17-26(21-7-3-1-4-8-21)22-9-5-2-6-10-22)30-34(44-36)45(20-39-30)28-15-27(31(49)32(28)50)42-29(48)19-47/h1-14,16,18,20,26-28,31-32,47,49-50H,15,17,19H2,(H,41,51)(H,42,48)(H2,37,52,53)(H,38,43,44)/t27-,28+,31+,32-/m0/s1. The van der Waals surface area contributed by atoms with Gasteiger partial charge in [-0.15, -0.1) is 0 Å². The average Bonchev–Trinajstić information content (AvgIpc) is 3.91. The molecule has 4 atom stereocenters. The molecular formula is C36H36N10O7S. The third kappa shape index (κ3) is 7.54. The van der Waals surface area contributed by atoms with Crippen LogP contribution in [-0.4, -0.2) is 96.3 Å². The zero-order valence-corrected chi connectivity index (χ0v) is 29.3. The number of hydrogen-bond donors (Lipinski definition) is 7. The predicted octanol–water partition coefficient (Wildman–Crippen LogP) is 1.30. The van der Waals surface area contributed by atoms with Gasteiger partial charge < -0.3 is 35.8 Å². The molecular weight excluding hydrogens is 717 g/mol. The van der Waals surface area contributed by atoms with Crippen LogP contribution in [0.25, 0.3) is 17.1 Å². The van der Waals surface area contributed by atoms with Gasteiger partial charge in [-0.2, -0.15) is 15.1 Å². The van der Waals surface area contributed by atoms with Gasteiger partial charge in [0.1, 0.15) is 18.8 Å². The Hall–Kier alpha value is -6.05. The highest BCUT2D eigenvalue weighted by atomic mass is 32.2. The molecule has 0 saturated heterocycles. The van der Waals surface area contributed by atoms with Gasteiger partial charge >= 0.3 is 0 Å². The molecule has 1 fully saturated rings. The average molecular weight is 753 g/mol. The first-order valence-corrected chi connectivity index (χ1v) is 18.4. The number of benzene rings is 3. The Morgan fingerprint density at radius 3 is 2.22 bits per heavy atom. The van der Waals surface area contributed by atoms with Crippen molar-refractivity contribution in [2.75, 3.05) is 23.8 Å². The van der Waals surface area contributed by atoms with Gasteiger partial charge in [-0.1, -0.05) is 60.7 Å². The summed E-state index contributed by atoms with van der Waals surface area (Å²) < 4.78 is 26.1. The number of aromatic nitrogens is 6. The molecule has 7 rings (SSSR count). The molecule has 3 heterocycles. The van der Waals surface area contributed by atoms with Crippen LogP contribution < -0.4 is 21.1 Å². The summed E-state index contributed by atoms with van der Waals surface area (Å²) in [6.07, 6.45) is 1.67. The second-order valence-corrected chi connectivity index (χ2v) is 14.3. The van der Waals surface area contributed by atoms with Crippen molar-refractivity contribution in [1.82, 2.24) is 34.6 Å². The third-order valence-electron chi connectivity index (χ3n) is 9.28. The minimum Gasteiger partial charge on any atom is -0.388 e. The van der Waals surface area contributed by atoms with E-state index < -0.39 is 52.7 Å². The highest BCUT2D eigenvalue weighted by Gasteiger charge is 2.44. The number of rotatable bonds is 12. The summed E-state index contributed by atoms with van der Waals surface area (Å²) in [6.45, 7) is -0.380. The second kappa shape index (κ2) is 15.1. The Morgan fingerprint density at radius 1 is 0.926 bits per heavy atom. The molecule has 1 aliphatic carbocycles. The lowest BCUT2D eigenvalue weighted by atomic mass is 9.91. The number of nitrogens with zero attached hydrogens (tertiary/aromatic N) is 6. The molecule has 3 aromatic heterocycles. The second-order valence-electron chi connectivity index (χ2n) is 12.8. The van der Waals surface area contributed by atoms with Crippen LogP contribution in [0.2, 0.25) is 0 Å². The van der Waals surface area contributed by atoms with Crippen LogP contribution in [0.3, 0.4) is 0 Å². The normalized spacial score (nSPS) is 18.5. The molecule has 3 aromatic carbocycles. The number of anilines is 2. The number of carbonyl (C=O) groups excluding carboxylic acids is 2. The maximum absolute atomic E-state index is 13.2. The molecule has 8 N–H and O–H groups in total. The maximum Gasteiger partial charge on any atom is 0.258 e. The van der Waals surface area contributed by atoms with Crippen LogP contribution in [0.4, 0.5) is 11.5 Å². The Labute approximate surface area is 308 Å². The molecule has 0 unspecified atom stereocenters. The van der Waals surface area contributed by atoms with E-state index in [1.807, 2.05) is 60.7 Å². The molecule has 278 valence electrons. The fraction of sp³-hybridized carbons (Fsp3) is 0.222. The van der Waals surface area contributed by atoms with Crippen LogP contribution in [0.1, 0.15) is 39.9 Å². The Bertz CT molecular complexity index is 2350. The van der Waals surface area contributed by atoms with Crippen LogP contribution >= 0.6 is 0 Å². The number of primary sulfonamides is 1. The zero-order chi connectivity index (χ0) is 38.0. The monoisotopic (exact) mass is 752 g/mol. The highest BCUT2D eigenvalue weighted by Crippen LogP contribution is 2.35. The number of sulfonamides is 1. The van der Waals surface area contributed by atoms with Crippen molar-refractivity contribution in [3.63, 3.8) is 0 Å². The highest BCUT2D eigenvalue weighted by molar-refractivity contribution is 7.89. The van der Waals surface area contributed by atoms with E-state index in [-0.39, 0.29) is 34.4 Å². The van der Waals surface area contributed by atoms with E-state index in [1.165, 1.54) is 47.7 Å². The number of aliphatic hydroxyl groups is 3. The quantitative estimate of drug-likeness (QED) is 0.0935. The van der Waals surface area contributed by atoms with Crippen molar-refractivity contribution >= 4 is 44.5 Å². The molecule has 6 aromatic rings. The molecule has 2 amide bonds. The smallest absolute Gasteiger partial charge is 0.258 e. The summed E-state index contributed by atoms with van der Waals surface area (Å²) in [5, 5.41) is 49.3. The van der Waals surface area contributed by atoms with Gasteiger partial charge in [-0.25, -0.2) is 23.2 Å². The topological polar surface area (TPSA) is 252 Å². The van der Waals surface area contributed by atoms with Gasteiger partial charge in [0.25, 0.3) is 11.9 Å². The Balaban J connectivity index is 1.24. The first-order chi connectivity index (χ1) is 26.0. The summed E-state index contributed by atoms with van der Waals surface area (Å²) in [5.74, 6) is -0.937. The molecule has 1 saturated carbocycles. The maximum atomic E-state index is 13.2. The summed E-state index contributed by atoms with van der Waals surface area (Å²) >= 11 is 0. The van der Waals surface area contributed by atoms with Gasteiger partial charge in [0.15, 0.2) is 17.0 Å². The zero-order valence-electron chi connectivity index (χ0n) is 28.5. The number of carbonyl (C=O) groups is 2. The summed E-state index contributed by atoms with van der Waals surface area (Å²) in [5.41, 5.74) is 3.23. The van der Waals surface area contributed by atoms with Crippen molar-refractivity contribution in [3.05, 3.63) is 120 Å². The van der Waals surface area contributed by atoms with Crippen molar-refractivity contribution in [2.45, 2.75) is 41.5 Å². The minimum atomic E-state index is -3.91. The van der Waals surface area contributed by atoms with E-state index in [0.29, 0.717) is 23.6 Å². The van der Waals surface area contributed by atoms with Gasteiger partial charge in [0.2, 0.25) is 15.9 Å². The third-order valence-corrected chi connectivity index (χ3v) is 10.2. The fourth-order valence-electron chi connectivity index (χ4n) is 6.53. The molecule has 0 radical (unpaired) electrons. The number of fused-ring (bicyclic) bond motifs is 1. The van der Waals surface area contributed by atoms with Crippen LogP contribution in [0.5, 0.6) is 0 Å². The van der Waals surface area contributed by atoms with Gasteiger partial charge in [0, 0.05) is 24.3 Å². The first kappa shape index (κ1) is 36.3. The van der Waals surface area contributed by atoms with Gasteiger partial charge in [-0.05, 0) is 41.8 Å². The number of nitrogens with two attached hydrogens (primary N) is 1. The van der Waals surface area contributed by atoms with Crippen molar-refractivity contribution < 1.29 is 33.3 Å². The van der Waals surface area contributed by atoms with Gasteiger partial charge in [-0.3, -0.25) is 9.59 Å². The van der Waals surface area contributed by atoms with E-state index in [1.54, 1.807) is 4.57 Å². The Kier molecular flexibility index (Phi) is 10.2. The Morgan fingerprint density at radius 2 is 1.59 bits per heavy atom. The van der Waals surface area contributed by atoms with Crippen LogP contribution in [0.15, 0.2) is 109 Å². The number of nitrogens with one attached hydrogen (secondary N) is 3. The first-order valence-electron chi connectivity index (χ1n) is 16.8. The number of hydrogen-bond acceptors (Lipinski definition) is 12. The van der Waals surface area contributed by atoms with E-state index >= 15 is 0 Å². The minimum absolute atomic E-state index is 0.0532. The van der Waals surface area contributed by atoms with E-state index in [9.17, 15) is 33.3 Å². The fourth-order valence-corrected chi connectivity index (χ4v) is 7.05. The van der Waals surface area contributed by atoms with E-state index in [2.05, 4.69) is 26.0 Å². The molecule has 17 nitrogen and oxygen atoms in total. The molecule has 0 aliphatic heterocycles. The predicted molar refractivity (Wildman–Crippen MR) is 196 cm³/mol. The van der Waals surface area contributed by atoms with Crippen LogP contribution in [-0.2, 0) is 14.8 Å². The molecule has 0 spiro atoms. The summed E-state index contributed by atoms with van der Waals surface area (Å²) in [4.78, 5) is 39.1. The van der Waals surface area contributed by atoms with Crippen molar-refractivity contribution in [2.24, 2.45) is 5.14 Å². The lowest BCUT2D eigenvalue weighted by Crippen LogP contribution is -2.44. The number of aliphatic hydroxyl groups excluding tert-OH is 3. The lowest BCUT2D eigenvalue weighted by molar-refractivity contribution is -0.125. The molecule has 18 heteroatoms. The number of imidazole rings is 1. The van der Waals surface area contributed by atoms with Crippen LogP contribution in [0, 0.1) is 0 Å². The van der Waals surface area contributed by atoms with Crippen molar-refractivity contribution in [1.29, 1.82) is 0 Å². The SMILES string of the molecule is NS(=O)(=O)c1ccc(NC(=O)c2cnn(-c3nc(NCC(c4ccccc4)c4ccccc4)c4ncn([C@@H]5C[C@H](NC(=O)CO)[C@@H](O)[C@H]5O)c4n3)c2)cc1. The number of amides is 2. The lowest BCUT2D eigenvalue weighted by Gasteiger charge is -2.20. The van der Waals surface area contributed by atoms with E-state index in [4.69, 9.17) is 15.1 Å². The van der Waals surface area contributed by atoms with Crippen molar-refractivity contribution in [3.8, 4) is 5.95 Å². The van der Waals surface area contributed by atoms with E-state index in [0.717, 1.165) is 11.1 Å². The summed E-state index contributed by atoms with van der Waals surface area (Å²) in [6, 6.07) is 23.7. The largest absolute Gasteiger partial charge is 0.388 e. The summed E-state index contributed by atoms with van der Waals surface area (Å²) in [7, 11) is -3.91. The molecule has 54 heavy (non-hydrogen) atoms. The molecule has 1 aliphatic rings. The van der Waals surface area contributed by atoms with Gasteiger partial charge in [0.05, 0.1) is 35.1 Å². The molecule has 0 bridgehead atoms.